The van der Waals surface area contributed by atoms with Crippen molar-refractivity contribution in [1.29, 1.82) is 0 Å². The molecule has 25 heavy (non-hydrogen) atoms. The summed E-state index contributed by atoms with van der Waals surface area (Å²) in [6.07, 6.45) is 1.72. The second-order valence-corrected chi connectivity index (χ2v) is 5.32. The van der Waals surface area contributed by atoms with Crippen LogP contribution < -0.4 is 19.7 Å². The SMILES string of the molecule is COc1ccc(OC)c(Nc2nccc(N(C)c3ccccc3)n2)c1. The molecule has 128 valence electrons. The number of anilines is 4. The van der Waals surface area contributed by atoms with Crippen molar-refractivity contribution in [2.45, 2.75) is 0 Å². The maximum atomic E-state index is 5.38. The lowest BCUT2D eigenvalue weighted by molar-refractivity contribution is 0.405. The van der Waals surface area contributed by atoms with Crippen molar-refractivity contribution in [3.63, 3.8) is 0 Å². The summed E-state index contributed by atoms with van der Waals surface area (Å²) < 4.78 is 10.6. The van der Waals surface area contributed by atoms with Crippen LogP contribution in [0.4, 0.5) is 23.1 Å². The van der Waals surface area contributed by atoms with Gasteiger partial charge in [-0.3, -0.25) is 0 Å². The number of nitrogens with zero attached hydrogens (tertiary/aromatic N) is 3. The minimum absolute atomic E-state index is 0.479. The third-order valence-electron chi connectivity index (χ3n) is 3.78. The van der Waals surface area contributed by atoms with Gasteiger partial charge in [-0.2, -0.15) is 4.98 Å². The third kappa shape index (κ3) is 3.80. The van der Waals surface area contributed by atoms with Gasteiger partial charge in [0.2, 0.25) is 5.95 Å². The average molecular weight is 336 g/mol. The molecule has 0 aliphatic heterocycles. The Morgan fingerprint density at radius 1 is 0.960 bits per heavy atom. The Kier molecular flexibility index (Phi) is 4.99. The molecule has 2 aromatic carbocycles. The van der Waals surface area contributed by atoms with E-state index in [2.05, 4.69) is 15.3 Å². The molecule has 0 fully saturated rings. The minimum atomic E-state index is 0.479. The van der Waals surface area contributed by atoms with Crippen molar-refractivity contribution >= 4 is 23.1 Å². The first-order chi connectivity index (χ1) is 12.2. The van der Waals surface area contributed by atoms with E-state index < -0.39 is 0 Å². The molecule has 0 aliphatic carbocycles. The smallest absolute Gasteiger partial charge is 0.229 e. The third-order valence-corrected chi connectivity index (χ3v) is 3.78. The Morgan fingerprint density at radius 3 is 2.48 bits per heavy atom. The van der Waals surface area contributed by atoms with Gasteiger partial charge in [0.15, 0.2) is 0 Å². The molecule has 0 saturated heterocycles. The molecule has 0 bridgehead atoms. The molecule has 0 aliphatic rings. The van der Waals surface area contributed by atoms with Crippen LogP contribution in [-0.2, 0) is 0 Å². The van der Waals surface area contributed by atoms with Crippen LogP contribution in [-0.4, -0.2) is 31.2 Å². The molecule has 0 radical (unpaired) electrons. The highest BCUT2D eigenvalue weighted by molar-refractivity contribution is 5.66. The fourth-order valence-corrected chi connectivity index (χ4v) is 2.41. The number of methoxy groups -OCH3 is 2. The number of hydrogen-bond donors (Lipinski definition) is 1. The van der Waals surface area contributed by atoms with E-state index in [-0.39, 0.29) is 0 Å². The average Bonchev–Trinajstić information content (AvgIpc) is 2.68. The van der Waals surface area contributed by atoms with Crippen LogP contribution in [0.25, 0.3) is 0 Å². The van der Waals surface area contributed by atoms with E-state index in [4.69, 9.17) is 9.47 Å². The van der Waals surface area contributed by atoms with Crippen molar-refractivity contribution in [3.05, 3.63) is 60.8 Å². The van der Waals surface area contributed by atoms with E-state index in [1.807, 2.05) is 66.5 Å². The van der Waals surface area contributed by atoms with Gasteiger partial charge in [0.1, 0.15) is 17.3 Å². The monoisotopic (exact) mass is 336 g/mol. The lowest BCUT2D eigenvalue weighted by Crippen LogP contribution is -2.12. The van der Waals surface area contributed by atoms with Gasteiger partial charge in [0, 0.05) is 25.0 Å². The number of rotatable bonds is 6. The highest BCUT2D eigenvalue weighted by Crippen LogP contribution is 2.31. The molecule has 6 nitrogen and oxygen atoms in total. The number of ether oxygens (including phenoxy) is 2. The lowest BCUT2D eigenvalue weighted by Gasteiger charge is -2.19. The second kappa shape index (κ2) is 7.53. The van der Waals surface area contributed by atoms with Crippen LogP contribution in [0.3, 0.4) is 0 Å². The van der Waals surface area contributed by atoms with Crippen molar-refractivity contribution in [3.8, 4) is 11.5 Å². The van der Waals surface area contributed by atoms with Gasteiger partial charge in [-0.05, 0) is 30.3 Å². The maximum absolute atomic E-state index is 5.38. The summed E-state index contributed by atoms with van der Waals surface area (Å²) in [7, 11) is 5.21. The summed E-state index contributed by atoms with van der Waals surface area (Å²) in [5.41, 5.74) is 1.78. The molecule has 6 heteroatoms. The summed E-state index contributed by atoms with van der Waals surface area (Å²) in [5.74, 6) is 2.67. The molecule has 0 unspecified atom stereocenters. The van der Waals surface area contributed by atoms with Crippen LogP contribution in [0.1, 0.15) is 0 Å². The normalized spacial score (nSPS) is 10.2. The van der Waals surface area contributed by atoms with Crippen molar-refractivity contribution < 1.29 is 9.47 Å². The topological polar surface area (TPSA) is 59.5 Å². The zero-order valence-corrected chi connectivity index (χ0v) is 14.4. The Labute approximate surface area is 147 Å². The predicted octanol–water partition coefficient (Wildman–Crippen LogP) is 4.01. The summed E-state index contributed by atoms with van der Waals surface area (Å²) in [6, 6.07) is 17.4. The first kappa shape index (κ1) is 16.6. The Hall–Kier alpha value is -3.28. The van der Waals surface area contributed by atoms with E-state index in [9.17, 15) is 0 Å². The van der Waals surface area contributed by atoms with E-state index in [0.29, 0.717) is 11.7 Å². The number of benzene rings is 2. The van der Waals surface area contributed by atoms with Gasteiger partial charge >= 0.3 is 0 Å². The molecule has 0 atom stereocenters. The minimum Gasteiger partial charge on any atom is -0.497 e. The highest BCUT2D eigenvalue weighted by atomic mass is 16.5. The molecule has 1 aromatic heterocycles. The number of para-hydroxylation sites is 1. The molecular formula is C19H20N4O2. The van der Waals surface area contributed by atoms with E-state index in [0.717, 1.165) is 22.9 Å². The molecule has 3 aromatic rings. The maximum Gasteiger partial charge on any atom is 0.229 e. The standard InChI is InChI=1S/C19H20N4O2/c1-23(14-7-5-4-6-8-14)18-11-12-20-19(22-18)21-16-13-15(24-2)9-10-17(16)25-3/h4-13H,1-3H3,(H,20,21,22). The molecule has 0 saturated carbocycles. The van der Waals surface area contributed by atoms with Crippen LogP contribution >= 0.6 is 0 Å². The zero-order chi connectivity index (χ0) is 17.6. The quantitative estimate of drug-likeness (QED) is 0.734. The molecule has 0 amide bonds. The summed E-state index contributed by atoms with van der Waals surface area (Å²) in [5, 5.41) is 3.19. The van der Waals surface area contributed by atoms with E-state index in [1.165, 1.54) is 0 Å². The van der Waals surface area contributed by atoms with Gasteiger partial charge in [-0.25, -0.2) is 4.98 Å². The Balaban J connectivity index is 1.87. The highest BCUT2D eigenvalue weighted by Gasteiger charge is 2.10. The van der Waals surface area contributed by atoms with Crippen molar-refractivity contribution in [2.75, 3.05) is 31.5 Å². The van der Waals surface area contributed by atoms with Gasteiger partial charge in [-0.15, -0.1) is 0 Å². The summed E-state index contributed by atoms with van der Waals surface area (Å²) in [6.45, 7) is 0. The second-order valence-electron chi connectivity index (χ2n) is 5.32. The first-order valence-electron chi connectivity index (χ1n) is 7.82. The molecule has 0 spiro atoms. The fourth-order valence-electron chi connectivity index (χ4n) is 2.41. The van der Waals surface area contributed by atoms with Crippen LogP contribution in [0.15, 0.2) is 60.8 Å². The van der Waals surface area contributed by atoms with Gasteiger partial charge < -0.3 is 19.7 Å². The van der Waals surface area contributed by atoms with Gasteiger partial charge in [-0.1, -0.05) is 18.2 Å². The number of hydrogen-bond acceptors (Lipinski definition) is 6. The number of nitrogens with one attached hydrogen (secondary N) is 1. The Bertz CT molecular complexity index is 840. The molecule has 3 rings (SSSR count). The zero-order valence-electron chi connectivity index (χ0n) is 14.4. The van der Waals surface area contributed by atoms with Crippen LogP contribution in [0, 0.1) is 0 Å². The number of aromatic nitrogens is 2. The van der Waals surface area contributed by atoms with Crippen molar-refractivity contribution in [2.24, 2.45) is 0 Å². The largest absolute Gasteiger partial charge is 0.497 e. The first-order valence-corrected chi connectivity index (χ1v) is 7.82. The molecule has 1 N–H and O–H groups in total. The van der Waals surface area contributed by atoms with Gasteiger partial charge in [0.05, 0.1) is 19.9 Å². The fraction of sp³-hybridized carbons (Fsp3) is 0.158. The summed E-state index contributed by atoms with van der Waals surface area (Å²) >= 11 is 0. The molecule has 1 heterocycles. The van der Waals surface area contributed by atoms with Gasteiger partial charge in [0.25, 0.3) is 0 Å². The van der Waals surface area contributed by atoms with E-state index in [1.54, 1.807) is 20.4 Å². The summed E-state index contributed by atoms with van der Waals surface area (Å²) in [4.78, 5) is 10.9. The van der Waals surface area contributed by atoms with Crippen molar-refractivity contribution in [1.82, 2.24) is 9.97 Å². The molecular weight excluding hydrogens is 316 g/mol. The van der Waals surface area contributed by atoms with E-state index >= 15 is 0 Å². The lowest BCUT2D eigenvalue weighted by atomic mass is 10.2. The van der Waals surface area contributed by atoms with Crippen LogP contribution in [0.2, 0.25) is 0 Å². The Morgan fingerprint density at radius 2 is 1.76 bits per heavy atom. The predicted molar refractivity (Wildman–Crippen MR) is 99.4 cm³/mol. The van der Waals surface area contributed by atoms with Crippen LogP contribution in [0.5, 0.6) is 11.5 Å².